The van der Waals surface area contributed by atoms with Gasteiger partial charge in [-0.05, 0) is 32.4 Å². The predicted octanol–water partition coefficient (Wildman–Crippen LogP) is 1.32. The van der Waals surface area contributed by atoms with Crippen LogP contribution in [0.1, 0.15) is 20.3 Å². The molecular weight excluding hydrogens is 256 g/mol. The fraction of sp³-hybridized carbons (Fsp3) is 0.667. The van der Waals surface area contributed by atoms with Crippen LogP contribution in [0.5, 0.6) is 5.75 Å². The predicted molar refractivity (Wildman–Crippen MR) is 76.8 cm³/mol. The van der Waals surface area contributed by atoms with Crippen LogP contribution >= 0.6 is 0 Å². The van der Waals surface area contributed by atoms with Gasteiger partial charge >= 0.3 is 0 Å². The summed E-state index contributed by atoms with van der Waals surface area (Å²) >= 11 is 0. The number of pyridine rings is 1. The fourth-order valence-electron chi connectivity index (χ4n) is 2.32. The minimum absolute atomic E-state index is 0.158. The molecule has 0 radical (unpaired) electrons. The molecule has 1 aromatic rings. The molecule has 1 N–H and O–H groups in total. The van der Waals surface area contributed by atoms with Crippen molar-refractivity contribution in [2.24, 2.45) is 0 Å². The average Bonchev–Trinajstić information content (AvgIpc) is 2.85. The molecule has 1 saturated heterocycles. The average molecular weight is 280 g/mol. The van der Waals surface area contributed by atoms with Gasteiger partial charge in [-0.25, -0.2) is 0 Å². The molecular formula is C15H24N2O3. The number of rotatable bonds is 7. The third-order valence-corrected chi connectivity index (χ3v) is 3.27. The first-order valence-corrected chi connectivity index (χ1v) is 7.22. The van der Waals surface area contributed by atoms with Crippen LogP contribution in [0.15, 0.2) is 24.5 Å². The lowest BCUT2D eigenvalue weighted by Gasteiger charge is -2.21. The summed E-state index contributed by atoms with van der Waals surface area (Å²) in [7, 11) is 0. The quantitative estimate of drug-likeness (QED) is 0.816. The van der Waals surface area contributed by atoms with Crippen LogP contribution in [0.3, 0.4) is 0 Å². The molecule has 2 unspecified atom stereocenters. The van der Waals surface area contributed by atoms with Crippen LogP contribution in [0.4, 0.5) is 0 Å². The first-order chi connectivity index (χ1) is 9.63. The number of hydrogen-bond donors (Lipinski definition) is 1. The van der Waals surface area contributed by atoms with Gasteiger partial charge in [0.1, 0.15) is 11.9 Å². The summed E-state index contributed by atoms with van der Waals surface area (Å²) in [6, 6.07) is 3.74. The highest BCUT2D eigenvalue weighted by atomic mass is 16.5. The van der Waals surface area contributed by atoms with Gasteiger partial charge in [-0.15, -0.1) is 0 Å². The first kappa shape index (κ1) is 15.2. The fourth-order valence-corrected chi connectivity index (χ4v) is 2.32. The van der Waals surface area contributed by atoms with Crippen LogP contribution in [0.25, 0.3) is 0 Å². The minimum Gasteiger partial charge on any atom is -0.489 e. The molecule has 0 aromatic carbocycles. The summed E-state index contributed by atoms with van der Waals surface area (Å²) < 4.78 is 11.3. The van der Waals surface area contributed by atoms with Gasteiger partial charge in [0, 0.05) is 32.0 Å². The summed E-state index contributed by atoms with van der Waals surface area (Å²) in [6.07, 6.45) is 4.36. The van der Waals surface area contributed by atoms with Crippen molar-refractivity contribution in [1.29, 1.82) is 0 Å². The molecule has 0 saturated carbocycles. The lowest BCUT2D eigenvalue weighted by molar-refractivity contribution is -0.00672. The smallest absolute Gasteiger partial charge is 0.122 e. The van der Waals surface area contributed by atoms with Gasteiger partial charge in [0.2, 0.25) is 0 Å². The molecule has 5 heteroatoms. The van der Waals surface area contributed by atoms with Gasteiger partial charge in [0.25, 0.3) is 0 Å². The highest BCUT2D eigenvalue weighted by molar-refractivity contribution is 5.17. The number of ether oxygens (including phenoxy) is 2. The van der Waals surface area contributed by atoms with Crippen molar-refractivity contribution in [2.75, 3.05) is 26.2 Å². The van der Waals surface area contributed by atoms with Gasteiger partial charge in [0.05, 0.1) is 18.8 Å². The zero-order valence-corrected chi connectivity index (χ0v) is 12.2. The second-order valence-corrected chi connectivity index (χ2v) is 5.51. The zero-order valence-electron chi connectivity index (χ0n) is 12.2. The largest absolute Gasteiger partial charge is 0.489 e. The van der Waals surface area contributed by atoms with Crippen molar-refractivity contribution in [3.8, 4) is 5.75 Å². The summed E-state index contributed by atoms with van der Waals surface area (Å²) in [5.74, 6) is 0.857. The van der Waals surface area contributed by atoms with E-state index in [1.807, 2.05) is 26.0 Å². The second kappa shape index (κ2) is 7.57. The Bertz CT molecular complexity index is 386. The van der Waals surface area contributed by atoms with E-state index in [4.69, 9.17) is 9.47 Å². The van der Waals surface area contributed by atoms with E-state index >= 15 is 0 Å². The maximum absolute atomic E-state index is 9.92. The van der Waals surface area contributed by atoms with Crippen LogP contribution in [-0.2, 0) is 4.74 Å². The van der Waals surface area contributed by atoms with Crippen molar-refractivity contribution in [3.63, 3.8) is 0 Å². The molecule has 1 aliphatic rings. The molecule has 2 heterocycles. The Morgan fingerprint density at radius 3 is 2.85 bits per heavy atom. The summed E-state index contributed by atoms with van der Waals surface area (Å²) in [6.45, 7) is 6.78. The first-order valence-electron chi connectivity index (χ1n) is 7.22. The second-order valence-electron chi connectivity index (χ2n) is 5.51. The van der Waals surface area contributed by atoms with Crippen molar-refractivity contribution in [1.82, 2.24) is 9.88 Å². The number of nitrogens with zero attached hydrogens (tertiary/aromatic N) is 2. The molecule has 1 aliphatic heterocycles. The van der Waals surface area contributed by atoms with E-state index in [2.05, 4.69) is 9.88 Å². The molecule has 2 atom stereocenters. The Morgan fingerprint density at radius 1 is 1.40 bits per heavy atom. The summed E-state index contributed by atoms with van der Waals surface area (Å²) in [4.78, 5) is 6.19. The molecule has 0 aliphatic carbocycles. The number of likely N-dealkylation sites (tertiary alicyclic amines) is 1. The van der Waals surface area contributed by atoms with E-state index < -0.39 is 6.10 Å². The highest BCUT2D eigenvalue weighted by Gasteiger charge is 2.25. The Kier molecular flexibility index (Phi) is 5.76. The molecule has 1 aromatic heterocycles. The lowest BCUT2D eigenvalue weighted by Crippen LogP contribution is -2.35. The Morgan fingerprint density at radius 2 is 2.15 bits per heavy atom. The molecule has 1 fully saturated rings. The zero-order chi connectivity index (χ0) is 14.4. The number of aromatic nitrogens is 1. The topological polar surface area (TPSA) is 54.8 Å². The summed E-state index contributed by atoms with van der Waals surface area (Å²) in [5.41, 5.74) is 0. The van der Waals surface area contributed by atoms with E-state index in [0.717, 1.165) is 25.3 Å². The number of hydrogen-bond acceptors (Lipinski definition) is 5. The number of aliphatic hydroxyl groups is 1. The van der Waals surface area contributed by atoms with Gasteiger partial charge in [-0.3, -0.25) is 9.88 Å². The maximum Gasteiger partial charge on any atom is 0.122 e. The van der Waals surface area contributed by atoms with Crippen LogP contribution in [0.2, 0.25) is 0 Å². The highest BCUT2D eigenvalue weighted by Crippen LogP contribution is 2.17. The summed E-state index contributed by atoms with van der Waals surface area (Å²) in [5, 5.41) is 9.92. The van der Waals surface area contributed by atoms with Gasteiger partial charge in [-0.1, -0.05) is 0 Å². The van der Waals surface area contributed by atoms with Crippen LogP contribution in [-0.4, -0.2) is 59.5 Å². The number of β-amino-alcohol motifs (C(OH)–C–C–N with tert-alkyl or cyclic N) is 1. The Hall–Kier alpha value is -1.17. The van der Waals surface area contributed by atoms with Gasteiger partial charge in [0.15, 0.2) is 0 Å². The van der Waals surface area contributed by atoms with E-state index in [1.54, 1.807) is 12.4 Å². The molecule has 5 nitrogen and oxygen atoms in total. The normalized spacial score (nSPS) is 21.3. The Labute approximate surface area is 120 Å². The molecule has 0 spiro atoms. The molecule has 0 bridgehead atoms. The van der Waals surface area contributed by atoms with E-state index in [9.17, 15) is 5.11 Å². The minimum atomic E-state index is -0.433. The monoisotopic (exact) mass is 280 g/mol. The van der Waals surface area contributed by atoms with Crippen molar-refractivity contribution >= 4 is 0 Å². The SMILES string of the molecule is CC(C)OCC(O)CN1CCC(Oc2ccncc2)C1. The third-order valence-electron chi connectivity index (χ3n) is 3.27. The third kappa shape index (κ3) is 5.07. The standard InChI is InChI=1S/C15H24N2O3/c1-12(2)19-11-13(18)9-17-8-5-15(10-17)20-14-3-6-16-7-4-14/h3-4,6-7,12-13,15,18H,5,8-11H2,1-2H3. The molecule has 112 valence electrons. The van der Waals surface area contributed by atoms with Gasteiger partial charge < -0.3 is 14.6 Å². The Balaban J connectivity index is 1.70. The van der Waals surface area contributed by atoms with E-state index in [0.29, 0.717) is 13.2 Å². The molecule has 0 amide bonds. The molecule has 2 rings (SSSR count). The lowest BCUT2D eigenvalue weighted by atomic mass is 10.3. The van der Waals surface area contributed by atoms with Crippen LogP contribution < -0.4 is 4.74 Å². The van der Waals surface area contributed by atoms with Gasteiger partial charge in [-0.2, -0.15) is 0 Å². The molecule has 20 heavy (non-hydrogen) atoms. The maximum atomic E-state index is 9.92. The van der Waals surface area contributed by atoms with Crippen molar-refractivity contribution < 1.29 is 14.6 Å². The van der Waals surface area contributed by atoms with Crippen molar-refractivity contribution in [3.05, 3.63) is 24.5 Å². The van der Waals surface area contributed by atoms with Crippen molar-refractivity contribution in [2.45, 2.75) is 38.6 Å². The van der Waals surface area contributed by atoms with E-state index in [1.165, 1.54) is 0 Å². The van der Waals surface area contributed by atoms with E-state index in [-0.39, 0.29) is 12.2 Å². The number of aliphatic hydroxyl groups excluding tert-OH is 1. The van der Waals surface area contributed by atoms with Crippen LogP contribution in [0, 0.1) is 0 Å².